The number of nitrogens with one attached hydrogen (secondary N) is 1. The molecule has 0 spiro atoms. The lowest BCUT2D eigenvalue weighted by Gasteiger charge is -2.19. The van der Waals surface area contributed by atoms with Gasteiger partial charge in [-0.25, -0.2) is 13.2 Å². The van der Waals surface area contributed by atoms with Crippen molar-refractivity contribution < 1.29 is 22.7 Å². The van der Waals surface area contributed by atoms with E-state index in [2.05, 4.69) is 5.32 Å². The number of anilines is 1. The third-order valence-corrected chi connectivity index (χ3v) is 6.98. The topological polar surface area (TPSA) is 92.8 Å². The zero-order chi connectivity index (χ0) is 22.5. The number of benzene rings is 2. The number of carbonyl (C=O) groups is 2. The number of hydrogen-bond donors (Lipinski definition) is 1. The summed E-state index contributed by atoms with van der Waals surface area (Å²) in [5, 5.41) is 3.09. The molecule has 162 valence electrons. The van der Waals surface area contributed by atoms with Gasteiger partial charge in [0.05, 0.1) is 26.2 Å². The Morgan fingerprint density at radius 2 is 1.63 bits per heavy atom. The van der Waals surface area contributed by atoms with Crippen LogP contribution in [0.1, 0.15) is 24.2 Å². The van der Waals surface area contributed by atoms with E-state index >= 15 is 0 Å². The van der Waals surface area contributed by atoms with Crippen LogP contribution in [0.15, 0.2) is 41.3 Å². The van der Waals surface area contributed by atoms with Gasteiger partial charge in [0.25, 0.3) is 5.91 Å². The highest BCUT2D eigenvalue weighted by atomic mass is 35.5. The van der Waals surface area contributed by atoms with Crippen molar-refractivity contribution in [3.05, 3.63) is 57.0 Å². The van der Waals surface area contributed by atoms with Gasteiger partial charge in [-0.05, 0) is 36.4 Å². The lowest BCUT2D eigenvalue weighted by Crippen LogP contribution is -2.30. The van der Waals surface area contributed by atoms with Gasteiger partial charge in [-0.15, -0.1) is 0 Å². The van der Waals surface area contributed by atoms with Crippen LogP contribution in [0.25, 0.3) is 0 Å². The van der Waals surface area contributed by atoms with Crippen LogP contribution in [-0.4, -0.2) is 44.3 Å². The van der Waals surface area contributed by atoms with E-state index in [9.17, 15) is 18.0 Å². The van der Waals surface area contributed by atoms with Crippen molar-refractivity contribution in [2.75, 3.05) is 25.0 Å². The first-order chi connectivity index (χ1) is 14.1. The molecule has 1 amide bonds. The molecule has 0 saturated heterocycles. The third-order valence-electron chi connectivity index (χ3n) is 4.04. The Labute approximate surface area is 189 Å². The number of sulfonamides is 1. The van der Waals surface area contributed by atoms with Gasteiger partial charge in [0, 0.05) is 18.1 Å². The molecule has 0 fully saturated rings. The van der Waals surface area contributed by atoms with E-state index in [0.717, 1.165) is 6.07 Å². The van der Waals surface area contributed by atoms with E-state index < -0.39 is 28.5 Å². The SMILES string of the molecule is CCN(CC)S(=O)(=O)c1ccc(Cl)c(C(=O)OCC(=O)Nc2cc(Cl)ccc2Cl)c1. The van der Waals surface area contributed by atoms with Gasteiger partial charge in [-0.1, -0.05) is 48.7 Å². The van der Waals surface area contributed by atoms with E-state index in [1.54, 1.807) is 19.9 Å². The zero-order valence-corrected chi connectivity index (χ0v) is 19.2. The number of esters is 1. The average molecular weight is 494 g/mol. The molecular weight excluding hydrogens is 475 g/mol. The highest BCUT2D eigenvalue weighted by Gasteiger charge is 2.24. The maximum atomic E-state index is 12.7. The molecule has 0 heterocycles. The standard InChI is InChI=1S/C19H19Cl3N2O5S/c1-3-24(4-2)30(27,28)13-6-8-15(21)14(10-13)19(26)29-11-18(25)23-17-9-12(20)5-7-16(17)22/h5-10H,3-4,11H2,1-2H3,(H,23,25). The van der Waals surface area contributed by atoms with E-state index in [1.165, 1.54) is 28.6 Å². The van der Waals surface area contributed by atoms with Crippen molar-refractivity contribution in [2.24, 2.45) is 0 Å². The molecule has 0 aliphatic rings. The first kappa shape index (κ1) is 24.4. The van der Waals surface area contributed by atoms with Crippen molar-refractivity contribution in [3.8, 4) is 0 Å². The van der Waals surface area contributed by atoms with Crippen molar-refractivity contribution in [1.82, 2.24) is 4.31 Å². The summed E-state index contributed by atoms with van der Waals surface area (Å²) in [6, 6.07) is 8.24. The summed E-state index contributed by atoms with van der Waals surface area (Å²) >= 11 is 17.9. The number of ether oxygens (including phenoxy) is 1. The van der Waals surface area contributed by atoms with Crippen molar-refractivity contribution in [2.45, 2.75) is 18.7 Å². The highest BCUT2D eigenvalue weighted by Crippen LogP contribution is 2.26. The molecule has 30 heavy (non-hydrogen) atoms. The van der Waals surface area contributed by atoms with Crippen LogP contribution in [0.3, 0.4) is 0 Å². The Hall–Kier alpha value is -1.84. The van der Waals surface area contributed by atoms with Crippen LogP contribution in [0.2, 0.25) is 15.1 Å². The Morgan fingerprint density at radius 3 is 2.27 bits per heavy atom. The lowest BCUT2D eigenvalue weighted by atomic mass is 10.2. The maximum absolute atomic E-state index is 12.7. The number of hydrogen-bond acceptors (Lipinski definition) is 5. The number of rotatable bonds is 8. The first-order valence-corrected chi connectivity index (χ1v) is 11.4. The first-order valence-electron chi connectivity index (χ1n) is 8.81. The van der Waals surface area contributed by atoms with Crippen LogP contribution in [0, 0.1) is 0 Å². The molecule has 0 aliphatic carbocycles. The fraction of sp³-hybridized carbons (Fsp3) is 0.263. The number of carbonyl (C=O) groups excluding carboxylic acids is 2. The molecule has 7 nitrogen and oxygen atoms in total. The summed E-state index contributed by atoms with van der Waals surface area (Å²) in [4.78, 5) is 24.4. The minimum absolute atomic E-state index is 0.00297. The van der Waals surface area contributed by atoms with Gasteiger partial charge in [0.15, 0.2) is 6.61 Å². The molecule has 0 aliphatic heterocycles. The summed E-state index contributed by atoms with van der Waals surface area (Å²) in [7, 11) is -3.79. The van der Waals surface area contributed by atoms with Crippen LogP contribution >= 0.6 is 34.8 Å². The molecular formula is C19H19Cl3N2O5S. The molecule has 2 rings (SSSR count). The van der Waals surface area contributed by atoms with Crippen molar-refractivity contribution >= 4 is 62.4 Å². The molecule has 0 radical (unpaired) electrons. The van der Waals surface area contributed by atoms with E-state index in [-0.39, 0.29) is 39.3 Å². The van der Waals surface area contributed by atoms with Gasteiger partial charge >= 0.3 is 5.97 Å². The van der Waals surface area contributed by atoms with Crippen LogP contribution in [0.5, 0.6) is 0 Å². The Morgan fingerprint density at radius 1 is 1.00 bits per heavy atom. The second-order valence-electron chi connectivity index (χ2n) is 5.98. The summed E-state index contributed by atoms with van der Waals surface area (Å²) in [5.41, 5.74) is 0.0917. The minimum atomic E-state index is -3.79. The van der Waals surface area contributed by atoms with Gasteiger partial charge < -0.3 is 10.1 Å². The monoisotopic (exact) mass is 492 g/mol. The summed E-state index contributed by atoms with van der Waals surface area (Å²) in [5.74, 6) is -1.60. The Kier molecular flexibility index (Phi) is 8.52. The number of halogens is 3. The molecule has 0 atom stereocenters. The quantitative estimate of drug-likeness (QED) is 0.548. The molecule has 1 N–H and O–H groups in total. The minimum Gasteiger partial charge on any atom is -0.452 e. The van der Waals surface area contributed by atoms with Crippen molar-refractivity contribution in [1.29, 1.82) is 0 Å². The molecule has 11 heteroatoms. The molecule has 0 aromatic heterocycles. The third kappa shape index (κ3) is 5.86. The number of amides is 1. The zero-order valence-electron chi connectivity index (χ0n) is 16.1. The van der Waals surface area contributed by atoms with Crippen molar-refractivity contribution in [3.63, 3.8) is 0 Å². The molecule has 2 aromatic carbocycles. The summed E-state index contributed by atoms with van der Waals surface area (Å²) in [6.07, 6.45) is 0. The smallest absolute Gasteiger partial charge is 0.340 e. The van der Waals surface area contributed by atoms with Gasteiger partial charge in [0.2, 0.25) is 10.0 Å². The van der Waals surface area contributed by atoms with E-state index in [4.69, 9.17) is 39.5 Å². The van der Waals surface area contributed by atoms with E-state index in [0.29, 0.717) is 5.02 Å². The fourth-order valence-electron chi connectivity index (χ4n) is 2.52. The maximum Gasteiger partial charge on any atom is 0.340 e. The molecule has 0 bridgehead atoms. The van der Waals surface area contributed by atoms with E-state index in [1.807, 2.05) is 0 Å². The highest BCUT2D eigenvalue weighted by molar-refractivity contribution is 7.89. The largest absolute Gasteiger partial charge is 0.452 e. The second kappa shape index (κ2) is 10.5. The van der Waals surface area contributed by atoms with Gasteiger partial charge in [-0.2, -0.15) is 4.31 Å². The normalized spacial score (nSPS) is 11.4. The molecule has 0 saturated carbocycles. The molecule has 0 unspecified atom stereocenters. The summed E-state index contributed by atoms with van der Waals surface area (Å²) in [6.45, 7) is 3.32. The van der Waals surface area contributed by atoms with Crippen LogP contribution < -0.4 is 5.32 Å². The number of nitrogens with zero attached hydrogens (tertiary/aromatic N) is 1. The Balaban J connectivity index is 2.13. The Bertz CT molecular complexity index is 1060. The van der Waals surface area contributed by atoms with Crippen LogP contribution in [0.4, 0.5) is 5.69 Å². The summed E-state index contributed by atoms with van der Waals surface area (Å²) < 4.78 is 31.5. The van der Waals surface area contributed by atoms with Gasteiger partial charge in [-0.3, -0.25) is 4.79 Å². The lowest BCUT2D eigenvalue weighted by molar-refractivity contribution is -0.119. The predicted octanol–water partition coefficient (Wildman–Crippen LogP) is 4.47. The van der Waals surface area contributed by atoms with Crippen LogP contribution in [-0.2, 0) is 19.6 Å². The predicted molar refractivity (Wildman–Crippen MR) is 117 cm³/mol. The second-order valence-corrected chi connectivity index (χ2v) is 9.17. The molecule has 2 aromatic rings. The average Bonchev–Trinajstić information content (AvgIpc) is 2.69. The fourth-order valence-corrected chi connectivity index (χ4v) is 4.54. The van der Waals surface area contributed by atoms with Gasteiger partial charge in [0.1, 0.15) is 0 Å².